The summed E-state index contributed by atoms with van der Waals surface area (Å²) in [5.74, 6) is 1.23. The number of benzene rings is 1. The van der Waals surface area contributed by atoms with Crippen molar-refractivity contribution in [2.24, 2.45) is 0 Å². The highest BCUT2D eigenvalue weighted by Crippen LogP contribution is 2.32. The van der Waals surface area contributed by atoms with Crippen molar-refractivity contribution in [3.05, 3.63) is 71.7 Å². The number of fused-ring (bicyclic) bond motifs is 1. The van der Waals surface area contributed by atoms with Crippen molar-refractivity contribution in [2.45, 2.75) is 53.2 Å². The maximum atomic E-state index is 12.4. The second-order valence-corrected chi connectivity index (χ2v) is 10.0. The van der Waals surface area contributed by atoms with Crippen molar-refractivity contribution < 1.29 is 14.6 Å². The van der Waals surface area contributed by atoms with Crippen LogP contribution in [-0.2, 0) is 0 Å². The molecule has 0 radical (unpaired) electrons. The van der Waals surface area contributed by atoms with Crippen LogP contribution in [0.4, 0.5) is 11.5 Å². The van der Waals surface area contributed by atoms with Gasteiger partial charge in [-0.15, -0.1) is 0 Å². The topological polar surface area (TPSA) is 101 Å². The molecule has 0 aliphatic carbocycles. The number of anilines is 2. The fourth-order valence-corrected chi connectivity index (χ4v) is 3.85. The number of nitrogens with zero attached hydrogens (tertiary/aromatic N) is 3. The zero-order valence-electron chi connectivity index (χ0n) is 21.6. The predicted octanol–water partition coefficient (Wildman–Crippen LogP) is 5.04. The number of carbonyl (C=O) groups excluding carboxylic acids is 1. The summed E-state index contributed by atoms with van der Waals surface area (Å²) in [6.07, 6.45) is 3.59. The Balaban J connectivity index is 1.58. The predicted molar refractivity (Wildman–Crippen MR) is 142 cm³/mol. The van der Waals surface area contributed by atoms with Gasteiger partial charge in [0.2, 0.25) is 0 Å². The number of aryl methyl sites for hydroxylation is 2. The molecule has 1 amide bonds. The number of nitrogens with one attached hydrogen (secondary N) is 2. The molecule has 3 N–H and O–H groups in total. The van der Waals surface area contributed by atoms with E-state index in [0.717, 1.165) is 33.6 Å². The molecule has 8 heteroatoms. The van der Waals surface area contributed by atoms with Gasteiger partial charge in [0.05, 0.1) is 17.3 Å². The van der Waals surface area contributed by atoms with Gasteiger partial charge in [0.1, 0.15) is 12.4 Å². The zero-order chi connectivity index (χ0) is 26.0. The van der Waals surface area contributed by atoms with Crippen LogP contribution in [0.5, 0.6) is 5.75 Å². The quantitative estimate of drug-likeness (QED) is 0.322. The average Bonchev–Trinajstić information content (AvgIpc) is 3.18. The number of aromatic nitrogens is 3. The smallest absolute Gasteiger partial charge is 0.251 e. The normalized spacial score (nSPS) is 11.7. The molecule has 0 unspecified atom stereocenters. The summed E-state index contributed by atoms with van der Waals surface area (Å²) in [5, 5.41) is 21.0. The maximum Gasteiger partial charge on any atom is 0.251 e. The Morgan fingerprint density at radius 1 is 1.14 bits per heavy atom. The molecule has 0 fully saturated rings. The lowest BCUT2D eigenvalue weighted by Crippen LogP contribution is -2.30. The second-order valence-electron chi connectivity index (χ2n) is 10.0. The number of amides is 1. The summed E-state index contributed by atoms with van der Waals surface area (Å²) in [6.45, 7) is 11.3. The van der Waals surface area contributed by atoms with Crippen molar-refractivity contribution in [1.29, 1.82) is 0 Å². The van der Waals surface area contributed by atoms with Gasteiger partial charge in [0.25, 0.3) is 5.91 Å². The van der Waals surface area contributed by atoms with Gasteiger partial charge in [-0.25, -0.2) is 4.52 Å². The monoisotopic (exact) mass is 487 g/mol. The zero-order valence-corrected chi connectivity index (χ0v) is 21.6. The van der Waals surface area contributed by atoms with E-state index in [-0.39, 0.29) is 18.6 Å². The van der Waals surface area contributed by atoms with E-state index in [2.05, 4.69) is 20.7 Å². The first-order valence-corrected chi connectivity index (χ1v) is 12.0. The molecule has 0 bridgehead atoms. The summed E-state index contributed by atoms with van der Waals surface area (Å²) in [7, 11) is 0. The minimum Gasteiger partial charge on any atom is -0.488 e. The number of aliphatic hydroxyl groups is 1. The molecule has 4 rings (SSSR count). The van der Waals surface area contributed by atoms with Crippen molar-refractivity contribution >= 4 is 22.9 Å². The van der Waals surface area contributed by atoms with E-state index in [1.54, 1.807) is 24.6 Å². The van der Waals surface area contributed by atoms with Crippen LogP contribution in [-0.4, -0.2) is 43.9 Å². The first-order valence-electron chi connectivity index (χ1n) is 12.0. The second kappa shape index (κ2) is 9.99. The van der Waals surface area contributed by atoms with E-state index >= 15 is 0 Å². The van der Waals surface area contributed by atoms with Gasteiger partial charge in [-0.1, -0.05) is 0 Å². The number of pyridine rings is 2. The molecule has 0 aliphatic heterocycles. The number of rotatable bonds is 8. The summed E-state index contributed by atoms with van der Waals surface area (Å²) >= 11 is 0. The molecule has 0 saturated heterocycles. The average molecular weight is 488 g/mol. The minimum absolute atomic E-state index is 0.0773. The summed E-state index contributed by atoms with van der Waals surface area (Å²) in [6, 6.07) is 13.7. The van der Waals surface area contributed by atoms with Gasteiger partial charge in [-0.3, -0.25) is 9.78 Å². The highest BCUT2D eigenvalue weighted by atomic mass is 16.5. The molecule has 0 aliphatic rings. The Labute approximate surface area is 211 Å². The maximum absolute atomic E-state index is 12.4. The van der Waals surface area contributed by atoms with Crippen molar-refractivity contribution in [2.75, 3.05) is 11.9 Å². The van der Waals surface area contributed by atoms with Gasteiger partial charge in [-0.05, 0) is 89.1 Å². The first-order chi connectivity index (χ1) is 17.0. The van der Waals surface area contributed by atoms with E-state index in [9.17, 15) is 9.90 Å². The van der Waals surface area contributed by atoms with Gasteiger partial charge >= 0.3 is 0 Å². The van der Waals surface area contributed by atoms with Crippen LogP contribution in [0.1, 0.15) is 49.3 Å². The van der Waals surface area contributed by atoms with Crippen molar-refractivity contribution in [1.82, 2.24) is 19.9 Å². The van der Waals surface area contributed by atoms with Gasteiger partial charge < -0.3 is 20.5 Å². The Kier molecular flexibility index (Phi) is 6.99. The SMILES string of the molecule is Cc1cc(-c2ccn3nc(Nc4ccc(C(=O)NC(C)C)c(C)c4)cc3c2)c(OCC(C)(C)O)cn1. The van der Waals surface area contributed by atoms with Crippen LogP contribution >= 0.6 is 0 Å². The van der Waals surface area contributed by atoms with E-state index in [1.807, 2.05) is 76.4 Å². The summed E-state index contributed by atoms with van der Waals surface area (Å²) in [5.41, 5.74) is 5.08. The third-order valence-corrected chi connectivity index (χ3v) is 5.52. The van der Waals surface area contributed by atoms with Crippen LogP contribution in [0, 0.1) is 13.8 Å². The highest BCUT2D eigenvalue weighted by molar-refractivity contribution is 5.96. The molecule has 4 aromatic rings. The molecular weight excluding hydrogens is 454 g/mol. The van der Waals surface area contributed by atoms with E-state index < -0.39 is 5.60 Å². The Morgan fingerprint density at radius 3 is 2.61 bits per heavy atom. The molecule has 0 atom stereocenters. The third-order valence-electron chi connectivity index (χ3n) is 5.52. The fraction of sp³-hybridized carbons (Fsp3) is 0.321. The molecule has 3 aromatic heterocycles. The molecular formula is C28H33N5O3. The van der Waals surface area contributed by atoms with Gasteiger partial charge in [0, 0.05) is 40.8 Å². The van der Waals surface area contributed by atoms with Crippen molar-refractivity contribution in [3.63, 3.8) is 0 Å². The van der Waals surface area contributed by atoms with Crippen LogP contribution in [0.15, 0.2) is 54.9 Å². The minimum atomic E-state index is -0.951. The fourth-order valence-electron chi connectivity index (χ4n) is 3.85. The molecule has 188 valence electrons. The van der Waals surface area contributed by atoms with Crippen LogP contribution in [0.25, 0.3) is 16.6 Å². The largest absolute Gasteiger partial charge is 0.488 e. The third kappa shape index (κ3) is 6.01. The van der Waals surface area contributed by atoms with Crippen LogP contribution in [0.2, 0.25) is 0 Å². The number of hydrogen-bond acceptors (Lipinski definition) is 6. The molecule has 0 spiro atoms. The molecule has 0 saturated carbocycles. The number of hydrogen-bond donors (Lipinski definition) is 3. The molecule has 8 nitrogen and oxygen atoms in total. The summed E-state index contributed by atoms with van der Waals surface area (Å²) < 4.78 is 7.69. The lowest BCUT2D eigenvalue weighted by molar-refractivity contribution is 0.0286. The van der Waals surface area contributed by atoms with E-state index in [4.69, 9.17) is 4.74 Å². The molecule has 36 heavy (non-hydrogen) atoms. The van der Waals surface area contributed by atoms with E-state index in [1.165, 1.54) is 0 Å². The molecule has 1 aromatic carbocycles. The number of ether oxygens (including phenoxy) is 1. The Hall–Kier alpha value is -3.91. The van der Waals surface area contributed by atoms with Gasteiger partial charge in [0.15, 0.2) is 5.82 Å². The highest BCUT2D eigenvalue weighted by Gasteiger charge is 2.17. The standard InChI is InChI=1S/C28H33N5O3/c1-17(2)30-27(34)23-8-7-21(11-18(23)3)31-26-14-22-13-20(9-10-33(22)32-26)24-12-19(4)29-15-25(24)36-16-28(5,6)35/h7-15,17,35H,16H2,1-6H3,(H,30,34)(H,31,32). The lowest BCUT2D eigenvalue weighted by atomic mass is 10.1. The van der Waals surface area contributed by atoms with Crippen LogP contribution < -0.4 is 15.4 Å². The van der Waals surface area contributed by atoms with Crippen molar-refractivity contribution in [3.8, 4) is 16.9 Å². The molecule has 3 heterocycles. The Morgan fingerprint density at radius 2 is 1.92 bits per heavy atom. The Bertz CT molecular complexity index is 1400. The number of carbonyl (C=O) groups is 1. The first kappa shape index (κ1) is 25.2. The van der Waals surface area contributed by atoms with E-state index in [0.29, 0.717) is 17.1 Å². The lowest BCUT2D eigenvalue weighted by Gasteiger charge is -2.19. The van der Waals surface area contributed by atoms with Gasteiger partial charge in [-0.2, -0.15) is 5.10 Å². The van der Waals surface area contributed by atoms with Crippen LogP contribution in [0.3, 0.4) is 0 Å². The summed E-state index contributed by atoms with van der Waals surface area (Å²) in [4.78, 5) is 16.7.